The van der Waals surface area contributed by atoms with Crippen molar-refractivity contribution in [1.29, 1.82) is 0 Å². The molecule has 49 heavy (non-hydrogen) atoms. The van der Waals surface area contributed by atoms with Gasteiger partial charge in [0.15, 0.2) is 0 Å². The number of piperidine rings is 3. The van der Waals surface area contributed by atoms with Crippen molar-refractivity contribution < 1.29 is 19.4 Å². The Hall–Kier alpha value is -3.59. The fourth-order valence-corrected chi connectivity index (χ4v) is 11.4. The summed E-state index contributed by atoms with van der Waals surface area (Å²) in [6, 6.07) is 13.7. The van der Waals surface area contributed by atoms with Crippen LogP contribution in [-0.2, 0) is 22.4 Å². The highest BCUT2D eigenvalue weighted by molar-refractivity contribution is 5.89. The quantitative estimate of drug-likeness (QED) is 0.180. The fourth-order valence-electron chi connectivity index (χ4n) is 11.4. The second-order valence-electron chi connectivity index (χ2n) is 15.8. The molecule has 4 aliphatic heterocycles. The number of hydrogen-bond acceptors (Lipinski definition) is 6. The van der Waals surface area contributed by atoms with Crippen LogP contribution >= 0.6 is 0 Å². The summed E-state index contributed by atoms with van der Waals surface area (Å²) >= 11 is 0. The van der Waals surface area contributed by atoms with Gasteiger partial charge >= 0.3 is 5.97 Å². The van der Waals surface area contributed by atoms with Gasteiger partial charge in [0.05, 0.1) is 26.2 Å². The van der Waals surface area contributed by atoms with Crippen LogP contribution in [0.4, 0.5) is 0 Å². The molecule has 8 heteroatoms. The number of H-pyrrole nitrogens is 2. The Morgan fingerprint density at radius 1 is 1.02 bits per heavy atom. The summed E-state index contributed by atoms with van der Waals surface area (Å²) in [5.74, 6) is 1.91. The standard InChI is InChI=1S/C41H50N4O4/c1-6-23-20-44(3)35-17-31-24-9-7-8-10-33(24)42-39(31)30(15-27(23)37(35)41(47)49-5)29-16-34-28(18-36(29)48-4)25-11-12-45-19-22-13-26(21(2)46)40(45)32(14-22)38(25)43-34/h6-10,16,18,21-22,26-27,30,32,35,37,40,42-43,46H,11-15,17,19-20H2,1-5H3/b23-6-/t21-,22?,26-,27+,30+,32+,35+,37+,40+/m1/s1. The van der Waals surface area contributed by atoms with E-state index in [0.717, 1.165) is 62.1 Å². The van der Waals surface area contributed by atoms with Gasteiger partial charge in [-0.15, -0.1) is 0 Å². The Bertz CT molecular complexity index is 1970. The van der Waals surface area contributed by atoms with E-state index in [4.69, 9.17) is 9.47 Å². The number of hydrogen-bond donors (Lipinski definition) is 3. The number of aromatic amines is 2. The minimum Gasteiger partial charge on any atom is -0.496 e. The van der Waals surface area contributed by atoms with Crippen molar-refractivity contribution in [2.24, 2.45) is 23.7 Å². The minimum atomic E-state index is -0.296. The van der Waals surface area contributed by atoms with Crippen LogP contribution in [0, 0.1) is 23.7 Å². The Labute approximate surface area is 288 Å². The van der Waals surface area contributed by atoms with E-state index in [1.165, 1.54) is 57.9 Å². The third kappa shape index (κ3) is 4.70. The average Bonchev–Trinajstić information content (AvgIpc) is 3.62. The summed E-state index contributed by atoms with van der Waals surface area (Å²) in [6.07, 6.45) is 6.80. The smallest absolute Gasteiger partial charge is 0.310 e. The van der Waals surface area contributed by atoms with Crippen LogP contribution in [-0.4, -0.2) is 89.9 Å². The van der Waals surface area contributed by atoms with Crippen LogP contribution in [0.15, 0.2) is 48.0 Å². The maximum atomic E-state index is 13.7. The maximum absolute atomic E-state index is 13.7. The van der Waals surface area contributed by atoms with Gasteiger partial charge in [0.1, 0.15) is 5.75 Å². The first kappa shape index (κ1) is 31.4. The molecule has 3 saturated heterocycles. The van der Waals surface area contributed by atoms with E-state index in [2.05, 4.69) is 76.2 Å². The molecule has 6 aliphatic rings. The molecular weight excluding hydrogens is 612 g/mol. The number of benzene rings is 2. The van der Waals surface area contributed by atoms with Crippen molar-refractivity contribution in [2.75, 3.05) is 40.9 Å². The SMILES string of the molecule is C/C=C1/CN(C)[C@H]2Cc3c([nH]c4ccccc34)[C@H](c3cc4[nH]c5c(c4cc3OC)CCN3CC4C[C@H]([C@@H](C)O)[C@H]3[C@H]5C4)C[C@@H]1[C@@H]2C(=O)OC. The summed E-state index contributed by atoms with van der Waals surface area (Å²) < 4.78 is 11.9. The van der Waals surface area contributed by atoms with E-state index in [9.17, 15) is 9.90 Å². The highest BCUT2D eigenvalue weighted by atomic mass is 16.5. The lowest BCUT2D eigenvalue weighted by molar-refractivity contribution is -0.151. The first-order chi connectivity index (χ1) is 23.8. The van der Waals surface area contributed by atoms with Gasteiger partial charge in [-0.25, -0.2) is 0 Å². The Morgan fingerprint density at radius 2 is 1.84 bits per heavy atom. The van der Waals surface area contributed by atoms with Crippen molar-refractivity contribution in [3.05, 3.63) is 76.1 Å². The number of para-hydroxylation sites is 1. The molecule has 0 spiro atoms. The number of likely N-dealkylation sites (tertiary alicyclic amines) is 1. The molecule has 2 aromatic carbocycles. The zero-order chi connectivity index (χ0) is 33.7. The normalized spacial score (nSPS) is 33.8. The van der Waals surface area contributed by atoms with Crippen molar-refractivity contribution >= 4 is 27.8 Å². The number of carbonyl (C=O) groups excluding carboxylic acids is 1. The summed E-state index contributed by atoms with van der Waals surface area (Å²) in [5.41, 5.74) is 10.1. The van der Waals surface area contributed by atoms with Gasteiger partial charge in [-0.1, -0.05) is 29.8 Å². The Morgan fingerprint density at radius 3 is 2.61 bits per heavy atom. The highest BCUT2D eigenvalue weighted by Crippen LogP contribution is 2.53. The average molecular weight is 663 g/mol. The number of esters is 1. The number of rotatable bonds is 4. The van der Waals surface area contributed by atoms with Crippen LogP contribution in [0.2, 0.25) is 0 Å². The lowest BCUT2D eigenvalue weighted by Gasteiger charge is -2.54. The Balaban J connectivity index is 1.23. The fraction of sp³-hybridized carbons (Fsp3) is 0.537. The number of fused-ring (bicyclic) bond motifs is 9. The van der Waals surface area contributed by atoms with Gasteiger partial charge in [-0.2, -0.15) is 0 Å². The monoisotopic (exact) mass is 662 g/mol. The summed E-state index contributed by atoms with van der Waals surface area (Å²) in [4.78, 5) is 26.7. The summed E-state index contributed by atoms with van der Waals surface area (Å²) in [6.45, 7) is 7.14. The number of ether oxygens (including phenoxy) is 2. The molecule has 4 fully saturated rings. The number of aliphatic hydroxyl groups excluding tert-OH is 1. The molecule has 3 N–H and O–H groups in total. The predicted molar refractivity (Wildman–Crippen MR) is 192 cm³/mol. The summed E-state index contributed by atoms with van der Waals surface area (Å²) in [5, 5.41) is 13.3. The van der Waals surface area contributed by atoms with E-state index in [1.807, 2.05) is 6.92 Å². The first-order valence-electron chi connectivity index (χ1n) is 18.5. The molecule has 4 aromatic rings. The molecule has 6 bridgehead atoms. The molecule has 0 amide bonds. The molecule has 258 valence electrons. The zero-order valence-electron chi connectivity index (χ0n) is 29.5. The molecular formula is C41H50N4O4. The third-order valence-corrected chi connectivity index (χ3v) is 13.5. The van der Waals surface area contributed by atoms with Crippen LogP contribution in [0.5, 0.6) is 5.75 Å². The van der Waals surface area contributed by atoms with Gasteiger partial charge in [-0.05, 0) is 94.2 Å². The van der Waals surface area contributed by atoms with Crippen LogP contribution in [0.25, 0.3) is 21.8 Å². The number of allylic oxidation sites excluding steroid dienone is 1. The van der Waals surface area contributed by atoms with E-state index in [-0.39, 0.29) is 35.9 Å². The summed E-state index contributed by atoms with van der Waals surface area (Å²) in [7, 11) is 5.49. The van der Waals surface area contributed by atoms with Gasteiger partial charge in [-0.3, -0.25) is 14.6 Å². The molecule has 2 unspecified atom stereocenters. The lowest BCUT2D eigenvalue weighted by atomic mass is 9.64. The molecule has 10 rings (SSSR count). The van der Waals surface area contributed by atoms with E-state index < -0.39 is 0 Å². The highest BCUT2D eigenvalue weighted by Gasteiger charge is 2.51. The zero-order valence-corrected chi connectivity index (χ0v) is 29.5. The van der Waals surface area contributed by atoms with Gasteiger partial charge < -0.3 is 24.5 Å². The van der Waals surface area contributed by atoms with Crippen molar-refractivity contribution in [3.63, 3.8) is 0 Å². The second kappa shape index (κ2) is 11.7. The lowest BCUT2D eigenvalue weighted by Crippen LogP contribution is -2.58. The second-order valence-corrected chi connectivity index (χ2v) is 15.8. The molecule has 1 saturated carbocycles. The van der Waals surface area contributed by atoms with Gasteiger partial charge in [0.25, 0.3) is 0 Å². The predicted octanol–water partition coefficient (Wildman–Crippen LogP) is 6.13. The number of nitrogens with zero attached hydrogens (tertiary/aromatic N) is 2. The number of methoxy groups -OCH3 is 2. The Kier molecular flexibility index (Phi) is 7.53. The molecule has 2 aliphatic carbocycles. The van der Waals surface area contributed by atoms with Crippen LogP contribution in [0.1, 0.15) is 73.0 Å². The van der Waals surface area contributed by atoms with Crippen molar-refractivity contribution in [1.82, 2.24) is 19.8 Å². The van der Waals surface area contributed by atoms with Crippen molar-refractivity contribution in [2.45, 2.75) is 76.0 Å². The molecule has 0 radical (unpaired) electrons. The van der Waals surface area contributed by atoms with E-state index in [0.29, 0.717) is 23.8 Å². The topological polar surface area (TPSA) is 93.8 Å². The van der Waals surface area contributed by atoms with Gasteiger partial charge in [0, 0.05) is 88.2 Å². The van der Waals surface area contributed by atoms with Crippen LogP contribution in [0.3, 0.4) is 0 Å². The number of nitrogens with one attached hydrogen (secondary N) is 2. The number of aromatic nitrogens is 2. The molecule has 6 heterocycles. The largest absolute Gasteiger partial charge is 0.496 e. The van der Waals surface area contributed by atoms with Crippen LogP contribution < -0.4 is 4.74 Å². The van der Waals surface area contributed by atoms with Crippen molar-refractivity contribution in [3.8, 4) is 5.75 Å². The first-order valence-corrected chi connectivity index (χ1v) is 18.5. The number of carbonyl (C=O) groups is 1. The van der Waals surface area contributed by atoms with E-state index in [1.54, 1.807) is 7.11 Å². The minimum absolute atomic E-state index is 0.0119. The van der Waals surface area contributed by atoms with Gasteiger partial charge in [0.2, 0.25) is 0 Å². The van der Waals surface area contributed by atoms with E-state index >= 15 is 0 Å². The number of aliphatic hydroxyl groups is 1. The molecule has 2 aromatic heterocycles. The maximum Gasteiger partial charge on any atom is 0.310 e. The number of likely N-dealkylation sites (N-methyl/N-ethyl adjacent to an activating group) is 1. The molecule has 8 nitrogen and oxygen atoms in total. The molecule has 10 atom stereocenters. The third-order valence-electron chi connectivity index (χ3n) is 13.5.